The Bertz CT molecular complexity index is 339. The van der Waals surface area contributed by atoms with Crippen LogP contribution in [0, 0.1) is 18.3 Å². The van der Waals surface area contributed by atoms with Crippen LogP contribution in [0.4, 0.5) is 0 Å². The van der Waals surface area contributed by atoms with E-state index in [9.17, 15) is 0 Å². The number of hydrogen-bond acceptors (Lipinski definition) is 3. The van der Waals surface area contributed by atoms with Crippen molar-refractivity contribution in [3.8, 4) is 6.07 Å². The minimum atomic E-state index is 0.330. The molecular formula is C10H13N3. The second-order valence-corrected chi connectivity index (χ2v) is 3.14. The van der Waals surface area contributed by atoms with Crippen LogP contribution in [-0.4, -0.2) is 9.97 Å². The van der Waals surface area contributed by atoms with E-state index < -0.39 is 0 Å². The molecule has 1 heterocycles. The number of nitrogens with zero attached hydrogens (tertiary/aromatic N) is 3. The maximum atomic E-state index is 8.82. The largest absolute Gasteiger partial charge is 0.240 e. The van der Waals surface area contributed by atoms with Gasteiger partial charge < -0.3 is 0 Å². The molecule has 1 aromatic rings. The summed E-state index contributed by atoms with van der Waals surface area (Å²) in [5.74, 6) is 1.06. The highest BCUT2D eigenvalue weighted by Crippen LogP contribution is 2.19. The molecule has 13 heavy (non-hydrogen) atoms. The van der Waals surface area contributed by atoms with Crippen LogP contribution in [0.3, 0.4) is 0 Å². The van der Waals surface area contributed by atoms with Crippen LogP contribution in [0.1, 0.15) is 43.3 Å². The second kappa shape index (κ2) is 3.99. The summed E-state index contributed by atoms with van der Waals surface area (Å²) < 4.78 is 0. The Labute approximate surface area is 78.5 Å². The van der Waals surface area contributed by atoms with Gasteiger partial charge in [0.25, 0.3) is 0 Å². The first-order chi connectivity index (χ1) is 6.19. The smallest absolute Gasteiger partial charge is 0.125 e. The zero-order valence-electron chi connectivity index (χ0n) is 8.20. The Kier molecular flexibility index (Phi) is 2.97. The third-order valence-electron chi connectivity index (χ3n) is 2.14. The molecule has 1 rings (SSSR count). The maximum Gasteiger partial charge on any atom is 0.125 e. The van der Waals surface area contributed by atoms with E-state index in [1.54, 1.807) is 6.20 Å². The van der Waals surface area contributed by atoms with Gasteiger partial charge in [0.05, 0.1) is 11.3 Å². The van der Waals surface area contributed by atoms with E-state index in [2.05, 4.69) is 29.9 Å². The summed E-state index contributed by atoms with van der Waals surface area (Å²) in [6, 6.07) is 2.11. The quantitative estimate of drug-likeness (QED) is 0.692. The monoisotopic (exact) mass is 175 g/mol. The van der Waals surface area contributed by atoms with Crippen LogP contribution in [0.15, 0.2) is 6.20 Å². The van der Waals surface area contributed by atoms with Gasteiger partial charge in [-0.15, -0.1) is 0 Å². The molecule has 3 nitrogen and oxygen atoms in total. The predicted octanol–water partition coefficient (Wildman–Crippen LogP) is 2.17. The van der Waals surface area contributed by atoms with Gasteiger partial charge in [-0.05, 0) is 19.3 Å². The lowest BCUT2D eigenvalue weighted by molar-refractivity contribution is 0.696. The molecule has 0 aliphatic carbocycles. The Morgan fingerprint density at radius 2 is 2.31 bits per heavy atom. The number of nitriles is 1. The molecule has 1 atom stereocenters. The topological polar surface area (TPSA) is 49.6 Å². The van der Waals surface area contributed by atoms with Gasteiger partial charge >= 0.3 is 0 Å². The van der Waals surface area contributed by atoms with E-state index in [4.69, 9.17) is 5.26 Å². The van der Waals surface area contributed by atoms with Crippen molar-refractivity contribution in [1.29, 1.82) is 5.26 Å². The molecule has 0 aromatic carbocycles. The van der Waals surface area contributed by atoms with Crippen molar-refractivity contribution in [3.63, 3.8) is 0 Å². The molecule has 0 fully saturated rings. The van der Waals surface area contributed by atoms with E-state index in [0.717, 1.165) is 17.9 Å². The summed E-state index contributed by atoms with van der Waals surface area (Å²) in [5.41, 5.74) is 1.47. The fourth-order valence-corrected chi connectivity index (χ4v) is 1.14. The molecule has 0 amide bonds. The lowest BCUT2D eigenvalue weighted by Gasteiger charge is -2.09. The molecule has 1 unspecified atom stereocenters. The Morgan fingerprint density at radius 3 is 2.85 bits per heavy atom. The van der Waals surface area contributed by atoms with Crippen molar-refractivity contribution in [2.24, 2.45) is 0 Å². The Hall–Kier alpha value is -1.43. The molecule has 0 saturated heterocycles. The summed E-state index contributed by atoms with van der Waals surface area (Å²) in [4.78, 5) is 8.27. The van der Waals surface area contributed by atoms with Crippen molar-refractivity contribution >= 4 is 0 Å². The van der Waals surface area contributed by atoms with Crippen molar-refractivity contribution in [1.82, 2.24) is 9.97 Å². The van der Waals surface area contributed by atoms with E-state index in [1.165, 1.54) is 0 Å². The minimum Gasteiger partial charge on any atom is -0.240 e. The summed E-state index contributed by atoms with van der Waals surface area (Å²) in [6.45, 7) is 6.00. The van der Waals surface area contributed by atoms with Crippen LogP contribution in [0.5, 0.6) is 0 Å². The molecule has 0 aliphatic rings. The van der Waals surface area contributed by atoms with Crippen molar-refractivity contribution in [2.75, 3.05) is 0 Å². The lowest BCUT2D eigenvalue weighted by Crippen LogP contribution is -2.02. The van der Waals surface area contributed by atoms with E-state index in [-0.39, 0.29) is 0 Å². The SMILES string of the molecule is CCC(C)c1nc(C)ncc1C#N. The fourth-order valence-electron chi connectivity index (χ4n) is 1.14. The minimum absolute atomic E-state index is 0.330. The van der Waals surface area contributed by atoms with E-state index in [0.29, 0.717) is 11.5 Å². The highest BCUT2D eigenvalue weighted by Gasteiger charge is 2.10. The second-order valence-electron chi connectivity index (χ2n) is 3.14. The number of rotatable bonds is 2. The lowest BCUT2D eigenvalue weighted by atomic mass is 10.0. The van der Waals surface area contributed by atoms with Gasteiger partial charge in [0.1, 0.15) is 11.9 Å². The van der Waals surface area contributed by atoms with E-state index >= 15 is 0 Å². The first-order valence-corrected chi connectivity index (χ1v) is 4.42. The summed E-state index contributed by atoms with van der Waals surface area (Å²) in [6.07, 6.45) is 2.59. The highest BCUT2D eigenvalue weighted by atomic mass is 14.9. The van der Waals surface area contributed by atoms with Crippen LogP contribution in [0.25, 0.3) is 0 Å². The molecule has 0 N–H and O–H groups in total. The van der Waals surface area contributed by atoms with Gasteiger partial charge in [-0.3, -0.25) is 0 Å². The normalized spacial score (nSPS) is 12.2. The van der Waals surface area contributed by atoms with Gasteiger partial charge in [0.15, 0.2) is 0 Å². The fraction of sp³-hybridized carbons (Fsp3) is 0.500. The van der Waals surface area contributed by atoms with Gasteiger partial charge in [0.2, 0.25) is 0 Å². The molecule has 0 saturated carbocycles. The van der Waals surface area contributed by atoms with Gasteiger partial charge in [-0.1, -0.05) is 13.8 Å². The van der Waals surface area contributed by atoms with Crippen LogP contribution >= 0.6 is 0 Å². The average Bonchev–Trinajstić information content (AvgIpc) is 2.16. The van der Waals surface area contributed by atoms with Crippen LogP contribution in [-0.2, 0) is 0 Å². The molecular weight excluding hydrogens is 162 g/mol. The first kappa shape index (κ1) is 9.66. The van der Waals surface area contributed by atoms with Gasteiger partial charge in [0, 0.05) is 6.20 Å². The summed E-state index contributed by atoms with van der Waals surface area (Å²) >= 11 is 0. The number of aryl methyl sites for hydroxylation is 1. The average molecular weight is 175 g/mol. The third-order valence-corrected chi connectivity index (χ3v) is 2.14. The summed E-state index contributed by atoms with van der Waals surface area (Å²) in [7, 11) is 0. The molecule has 68 valence electrons. The Balaban J connectivity index is 3.17. The zero-order valence-corrected chi connectivity index (χ0v) is 8.20. The molecule has 0 spiro atoms. The van der Waals surface area contributed by atoms with Crippen molar-refractivity contribution in [3.05, 3.63) is 23.3 Å². The van der Waals surface area contributed by atoms with E-state index in [1.807, 2.05) is 6.92 Å². The Morgan fingerprint density at radius 1 is 1.62 bits per heavy atom. The molecule has 3 heteroatoms. The zero-order chi connectivity index (χ0) is 9.84. The van der Waals surface area contributed by atoms with Crippen LogP contribution < -0.4 is 0 Å². The van der Waals surface area contributed by atoms with Crippen molar-refractivity contribution in [2.45, 2.75) is 33.1 Å². The van der Waals surface area contributed by atoms with Gasteiger partial charge in [-0.2, -0.15) is 5.26 Å². The standard InChI is InChI=1S/C10H13N3/c1-4-7(2)10-9(5-11)6-12-8(3)13-10/h6-7H,4H2,1-3H3. The molecule has 0 aliphatic heterocycles. The van der Waals surface area contributed by atoms with Crippen LogP contribution in [0.2, 0.25) is 0 Å². The molecule has 0 radical (unpaired) electrons. The van der Waals surface area contributed by atoms with Gasteiger partial charge in [-0.25, -0.2) is 9.97 Å². The molecule has 1 aromatic heterocycles. The highest BCUT2D eigenvalue weighted by molar-refractivity contribution is 5.32. The molecule has 0 bridgehead atoms. The predicted molar refractivity (Wildman–Crippen MR) is 50.2 cm³/mol. The summed E-state index contributed by atoms with van der Waals surface area (Å²) in [5, 5.41) is 8.82. The third kappa shape index (κ3) is 2.03. The van der Waals surface area contributed by atoms with Crippen molar-refractivity contribution < 1.29 is 0 Å². The first-order valence-electron chi connectivity index (χ1n) is 4.42. The number of hydrogen-bond donors (Lipinski definition) is 0. The maximum absolute atomic E-state index is 8.82. The number of aromatic nitrogens is 2.